The second-order valence-electron chi connectivity index (χ2n) is 7.27. The number of carbonyl (C=O) groups excluding carboxylic acids is 3. The Kier molecular flexibility index (Phi) is 8.49. The maximum atomic E-state index is 12.9. The van der Waals surface area contributed by atoms with Crippen molar-refractivity contribution < 1.29 is 28.2 Å². The lowest BCUT2D eigenvalue weighted by Gasteiger charge is -2.11. The lowest BCUT2D eigenvalue weighted by molar-refractivity contribution is -0.136. The maximum Gasteiger partial charge on any atom is 0.329 e. The molecule has 0 aliphatic heterocycles. The number of rotatable bonds is 8. The number of hydrogen-bond donors (Lipinski definition) is 3. The molecule has 0 bridgehead atoms. The average molecular weight is 478 g/mol. The fourth-order valence-electron chi connectivity index (χ4n) is 2.80. The van der Waals surface area contributed by atoms with Gasteiger partial charge < -0.3 is 20.1 Å². The number of anilines is 2. The van der Waals surface area contributed by atoms with E-state index in [2.05, 4.69) is 21.2 Å². The molecule has 3 aromatic rings. The fourth-order valence-corrected chi connectivity index (χ4v) is 2.80. The van der Waals surface area contributed by atoms with Gasteiger partial charge in [0.15, 0.2) is 18.1 Å². The van der Waals surface area contributed by atoms with Gasteiger partial charge in [-0.05, 0) is 67.1 Å². The van der Waals surface area contributed by atoms with Crippen molar-refractivity contribution in [2.24, 2.45) is 5.10 Å². The van der Waals surface area contributed by atoms with E-state index >= 15 is 0 Å². The van der Waals surface area contributed by atoms with E-state index in [1.165, 1.54) is 25.5 Å². The van der Waals surface area contributed by atoms with Gasteiger partial charge in [0.25, 0.3) is 5.91 Å². The van der Waals surface area contributed by atoms with E-state index in [0.29, 0.717) is 22.7 Å². The zero-order valence-electron chi connectivity index (χ0n) is 19.0. The van der Waals surface area contributed by atoms with Crippen LogP contribution in [0.5, 0.6) is 11.5 Å². The molecule has 0 unspecified atom stereocenters. The standard InChI is InChI=1S/C25H23FN4O5/c1-16-3-8-19(9-4-16)28-23(31)15-35-21-12-5-17(13-22(21)34-2)14-27-30-25(33)24(32)29-20-10-6-18(26)7-11-20/h3-14H,15H2,1-2H3,(H,28,31)(H,29,32)(H,30,33)/b27-14-. The summed E-state index contributed by atoms with van der Waals surface area (Å²) >= 11 is 0. The number of carbonyl (C=O) groups is 3. The number of benzene rings is 3. The van der Waals surface area contributed by atoms with Crippen LogP contribution < -0.4 is 25.5 Å². The number of methoxy groups -OCH3 is 1. The Labute approximate surface area is 200 Å². The van der Waals surface area contributed by atoms with Crippen molar-refractivity contribution in [2.45, 2.75) is 6.92 Å². The number of halogens is 1. The van der Waals surface area contributed by atoms with E-state index < -0.39 is 17.6 Å². The summed E-state index contributed by atoms with van der Waals surface area (Å²) < 4.78 is 23.8. The van der Waals surface area contributed by atoms with Crippen LogP contribution in [0.25, 0.3) is 0 Å². The minimum absolute atomic E-state index is 0.225. The van der Waals surface area contributed by atoms with Crippen LogP contribution in [0.1, 0.15) is 11.1 Å². The summed E-state index contributed by atoms with van der Waals surface area (Å²) in [6.45, 7) is 1.73. The van der Waals surface area contributed by atoms with Gasteiger partial charge in [0, 0.05) is 11.4 Å². The van der Waals surface area contributed by atoms with Gasteiger partial charge in [-0.15, -0.1) is 0 Å². The van der Waals surface area contributed by atoms with Gasteiger partial charge in [-0.25, -0.2) is 9.82 Å². The van der Waals surface area contributed by atoms with Crippen LogP contribution in [-0.4, -0.2) is 37.7 Å². The van der Waals surface area contributed by atoms with Gasteiger partial charge in [0.1, 0.15) is 5.82 Å². The molecule has 0 saturated heterocycles. The molecule has 3 amide bonds. The molecule has 3 rings (SSSR count). The molecule has 10 heteroatoms. The molecular weight excluding hydrogens is 455 g/mol. The predicted octanol–water partition coefficient (Wildman–Crippen LogP) is 3.25. The number of ether oxygens (including phenoxy) is 2. The molecule has 0 spiro atoms. The summed E-state index contributed by atoms with van der Waals surface area (Å²) in [4.78, 5) is 35.9. The molecule has 3 aromatic carbocycles. The summed E-state index contributed by atoms with van der Waals surface area (Å²) in [5, 5.41) is 8.81. The number of hydrogen-bond acceptors (Lipinski definition) is 6. The monoisotopic (exact) mass is 478 g/mol. The maximum absolute atomic E-state index is 12.9. The summed E-state index contributed by atoms with van der Waals surface area (Å²) in [5.41, 5.74) is 4.65. The molecule has 35 heavy (non-hydrogen) atoms. The van der Waals surface area contributed by atoms with Gasteiger partial charge in [-0.1, -0.05) is 17.7 Å². The van der Waals surface area contributed by atoms with Gasteiger partial charge in [-0.3, -0.25) is 14.4 Å². The first-order valence-corrected chi connectivity index (χ1v) is 10.4. The van der Waals surface area contributed by atoms with Gasteiger partial charge in [-0.2, -0.15) is 5.10 Å². The number of nitrogens with one attached hydrogen (secondary N) is 3. The number of aryl methyl sites for hydroxylation is 1. The minimum atomic E-state index is -1.00. The molecule has 0 atom stereocenters. The van der Waals surface area contributed by atoms with E-state index in [1.807, 2.05) is 19.1 Å². The smallest absolute Gasteiger partial charge is 0.329 e. The van der Waals surface area contributed by atoms with Crippen molar-refractivity contribution in [3.63, 3.8) is 0 Å². The van der Waals surface area contributed by atoms with E-state index in [1.54, 1.807) is 30.3 Å². The normalized spacial score (nSPS) is 10.5. The van der Waals surface area contributed by atoms with Crippen LogP contribution in [0, 0.1) is 12.7 Å². The summed E-state index contributed by atoms with van der Waals surface area (Å²) in [6, 6.07) is 17.1. The third-order valence-corrected chi connectivity index (χ3v) is 4.57. The fraction of sp³-hybridized carbons (Fsp3) is 0.120. The molecular formula is C25H23FN4O5. The first kappa shape index (κ1) is 24.9. The zero-order chi connectivity index (χ0) is 25.2. The minimum Gasteiger partial charge on any atom is -0.493 e. The second-order valence-corrected chi connectivity index (χ2v) is 7.27. The summed E-state index contributed by atoms with van der Waals surface area (Å²) in [5.74, 6) is -2.07. The van der Waals surface area contributed by atoms with Crippen molar-refractivity contribution in [1.29, 1.82) is 0 Å². The second kappa shape index (κ2) is 11.9. The van der Waals surface area contributed by atoms with Crippen molar-refractivity contribution in [2.75, 3.05) is 24.4 Å². The van der Waals surface area contributed by atoms with Crippen LogP contribution in [0.4, 0.5) is 15.8 Å². The van der Waals surface area contributed by atoms with Crippen LogP contribution in [0.3, 0.4) is 0 Å². The number of amides is 3. The number of hydrazone groups is 1. The predicted molar refractivity (Wildman–Crippen MR) is 129 cm³/mol. The van der Waals surface area contributed by atoms with Crippen LogP contribution in [0.15, 0.2) is 71.8 Å². The van der Waals surface area contributed by atoms with Crippen molar-refractivity contribution in [1.82, 2.24) is 5.43 Å². The van der Waals surface area contributed by atoms with E-state index in [-0.39, 0.29) is 18.2 Å². The molecule has 0 heterocycles. The highest BCUT2D eigenvalue weighted by Crippen LogP contribution is 2.27. The van der Waals surface area contributed by atoms with E-state index in [0.717, 1.165) is 17.7 Å². The molecule has 0 saturated carbocycles. The van der Waals surface area contributed by atoms with Crippen LogP contribution in [0.2, 0.25) is 0 Å². The van der Waals surface area contributed by atoms with Crippen LogP contribution >= 0.6 is 0 Å². The topological polar surface area (TPSA) is 118 Å². The van der Waals surface area contributed by atoms with Gasteiger partial charge >= 0.3 is 11.8 Å². The molecule has 3 N–H and O–H groups in total. The van der Waals surface area contributed by atoms with E-state index in [9.17, 15) is 18.8 Å². The van der Waals surface area contributed by atoms with Crippen LogP contribution in [-0.2, 0) is 14.4 Å². The Balaban J connectivity index is 1.51. The third-order valence-electron chi connectivity index (χ3n) is 4.57. The molecule has 0 aromatic heterocycles. The Bertz CT molecular complexity index is 1230. The van der Waals surface area contributed by atoms with Gasteiger partial charge in [0.2, 0.25) is 0 Å². The Morgan fingerprint density at radius 2 is 1.54 bits per heavy atom. The average Bonchev–Trinajstić information content (AvgIpc) is 2.85. The third kappa shape index (κ3) is 7.67. The summed E-state index contributed by atoms with van der Waals surface area (Å²) in [6.07, 6.45) is 1.31. The SMILES string of the molecule is COc1cc(/C=N\NC(=O)C(=O)Nc2ccc(F)cc2)ccc1OCC(=O)Nc1ccc(C)cc1. The molecule has 180 valence electrons. The molecule has 0 aliphatic rings. The van der Waals surface area contributed by atoms with Crippen molar-refractivity contribution >= 4 is 35.3 Å². The zero-order valence-corrected chi connectivity index (χ0v) is 19.0. The highest BCUT2D eigenvalue weighted by molar-refractivity contribution is 6.39. The molecule has 0 fully saturated rings. The quantitative estimate of drug-likeness (QED) is 0.261. The lowest BCUT2D eigenvalue weighted by atomic mass is 10.2. The first-order valence-electron chi connectivity index (χ1n) is 10.4. The molecule has 0 radical (unpaired) electrons. The highest BCUT2D eigenvalue weighted by atomic mass is 19.1. The van der Waals surface area contributed by atoms with Crippen molar-refractivity contribution in [3.8, 4) is 11.5 Å². The van der Waals surface area contributed by atoms with Gasteiger partial charge in [0.05, 0.1) is 13.3 Å². The largest absolute Gasteiger partial charge is 0.493 e. The summed E-state index contributed by atoms with van der Waals surface area (Å²) in [7, 11) is 1.44. The Hall–Kier alpha value is -4.73. The Morgan fingerprint density at radius 1 is 0.886 bits per heavy atom. The first-order chi connectivity index (χ1) is 16.8. The number of nitrogens with zero attached hydrogens (tertiary/aromatic N) is 1. The van der Waals surface area contributed by atoms with Crippen molar-refractivity contribution in [3.05, 3.63) is 83.7 Å². The Morgan fingerprint density at radius 3 is 2.23 bits per heavy atom. The lowest BCUT2D eigenvalue weighted by Crippen LogP contribution is -2.32. The molecule has 0 aliphatic carbocycles. The highest BCUT2D eigenvalue weighted by Gasteiger charge is 2.13. The van der Waals surface area contributed by atoms with E-state index in [4.69, 9.17) is 9.47 Å². The molecule has 9 nitrogen and oxygen atoms in total.